The number of aryl methyl sites for hydroxylation is 1. The van der Waals surface area contributed by atoms with Crippen LogP contribution in [0.5, 0.6) is 10.9 Å². The van der Waals surface area contributed by atoms with E-state index in [0.29, 0.717) is 30.6 Å². The Balaban J connectivity index is 1.29. The number of thiazole rings is 1. The molecule has 2 saturated heterocycles. The van der Waals surface area contributed by atoms with Crippen molar-refractivity contribution in [1.82, 2.24) is 14.2 Å². The molecule has 0 spiro atoms. The summed E-state index contributed by atoms with van der Waals surface area (Å²) in [6.07, 6.45) is 6.64. The zero-order valence-corrected chi connectivity index (χ0v) is 20.5. The molecule has 1 aromatic heterocycles. The largest absolute Gasteiger partial charge is 0.493 e. The molecule has 0 amide bonds. The molecule has 1 aromatic carbocycles. The lowest BCUT2D eigenvalue weighted by Crippen LogP contribution is -2.50. The van der Waals surface area contributed by atoms with Crippen LogP contribution in [0.25, 0.3) is 0 Å². The second-order valence-corrected chi connectivity index (χ2v) is 11.4. The molecule has 0 atom stereocenters. The van der Waals surface area contributed by atoms with Gasteiger partial charge >= 0.3 is 0 Å². The van der Waals surface area contributed by atoms with E-state index >= 15 is 0 Å². The van der Waals surface area contributed by atoms with E-state index < -0.39 is 10.0 Å². The molecule has 3 heterocycles. The van der Waals surface area contributed by atoms with Crippen molar-refractivity contribution < 1.29 is 17.9 Å². The number of benzene rings is 1. The van der Waals surface area contributed by atoms with Crippen molar-refractivity contribution in [2.75, 3.05) is 32.8 Å². The molecule has 0 bridgehead atoms. The van der Waals surface area contributed by atoms with E-state index in [-0.39, 0.29) is 6.10 Å². The maximum Gasteiger partial charge on any atom is 0.273 e. The Kier molecular flexibility index (Phi) is 7.70. The van der Waals surface area contributed by atoms with Crippen molar-refractivity contribution in [2.24, 2.45) is 0 Å². The van der Waals surface area contributed by atoms with Gasteiger partial charge in [0.15, 0.2) is 0 Å². The summed E-state index contributed by atoms with van der Waals surface area (Å²) in [6.45, 7) is 7.70. The first-order valence-electron chi connectivity index (χ1n) is 11.5. The predicted molar refractivity (Wildman–Crippen MR) is 126 cm³/mol. The van der Waals surface area contributed by atoms with Crippen LogP contribution < -0.4 is 9.47 Å². The number of hydrogen-bond acceptors (Lipinski definition) is 7. The predicted octanol–water partition coefficient (Wildman–Crippen LogP) is 3.94. The topological polar surface area (TPSA) is 72.0 Å². The number of sulfonamides is 1. The summed E-state index contributed by atoms with van der Waals surface area (Å²) in [5.41, 5.74) is 0.859. The van der Waals surface area contributed by atoms with Crippen molar-refractivity contribution in [3.05, 3.63) is 35.3 Å². The third-order valence-corrected chi connectivity index (χ3v) is 8.90. The van der Waals surface area contributed by atoms with E-state index in [1.807, 2.05) is 12.3 Å². The smallest absolute Gasteiger partial charge is 0.273 e. The van der Waals surface area contributed by atoms with Crippen molar-refractivity contribution in [3.63, 3.8) is 0 Å². The normalized spacial score (nSPS) is 19.8. The van der Waals surface area contributed by atoms with Gasteiger partial charge in [-0.1, -0.05) is 18.3 Å². The first-order valence-corrected chi connectivity index (χ1v) is 13.8. The first-order chi connectivity index (χ1) is 15.5. The average Bonchev–Trinajstić information content (AvgIpc) is 3.32. The Morgan fingerprint density at radius 3 is 2.50 bits per heavy atom. The van der Waals surface area contributed by atoms with Gasteiger partial charge in [0.25, 0.3) is 5.19 Å². The van der Waals surface area contributed by atoms with Crippen LogP contribution in [0.4, 0.5) is 0 Å². The highest BCUT2D eigenvalue weighted by atomic mass is 32.2. The highest BCUT2D eigenvalue weighted by Gasteiger charge is 2.33. The van der Waals surface area contributed by atoms with E-state index in [1.54, 1.807) is 28.7 Å². The molecule has 2 aliphatic rings. The van der Waals surface area contributed by atoms with Gasteiger partial charge in [-0.3, -0.25) is 0 Å². The number of ether oxygens (including phenoxy) is 2. The van der Waals surface area contributed by atoms with Crippen LogP contribution in [-0.4, -0.2) is 67.5 Å². The molecule has 176 valence electrons. The SMILES string of the molecule is CCCOc1ccc(S(=O)(=O)N2CCC(N3CCC(Oc4nccs4)CC3)CC2)cc1C. The van der Waals surface area contributed by atoms with Gasteiger partial charge in [0.1, 0.15) is 11.9 Å². The number of hydrogen-bond donors (Lipinski definition) is 0. The highest BCUT2D eigenvalue weighted by molar-refractivity contribution is 7.89. The van der Waals surface area contributed by atoms with Gasteiger partial charge in [-0.15, -0.1) is 0 Å². The second kappa shape index (κ2) is 10.5. The molecule has 2 aromatic rings. The van der Waals surface area contributed by atoms with Crippen molar-refractivity contribution in [1.29, 1.82) is 0 Å². The molecule has 4 rings (SSSR count). The lowest BCUT2D eigenvalue weighted by atomic mass is 10.00. The minimum absolute atomic E-state index is 0.227. The number of rotatable bonds is 8. The standard InChI is InChI=1S/C23H33N3O4S2/c1-3-15-29-22-5-4-21(17-18(22)2)32(27,28)26-13-6-19(7-14-26)25-11-8-20(9-12-25)30-23-24-10-16-31-23/h4-5,10,16-17,19-20H,3,6-9,11-15H2,1-2H3. The molecule has 2 aliphatic heterocycles. The molecule has 0 saturated carbocycles. The molecule has 0 unspecified atom stereocenters. The van der Waals surface area contributed by atoms with Gasteiger partial charge in [0.2, 0.25) is 10.0 Å². The minimum Gasteiger partial charge on any atom is -0.493 e. The van der Waals surface area contributed by atoms with Crippen LogP contribution in [0, 0.1) is 6.92 Å². The molecular weight excluding hydrogens is 446 g/mol. The van der Waals surface area contributed by atoms with E-state index in [4.69, 9.17) is 9.47 Å². The number of likely N-dealkylation sites (tertiary alicyclic amines) is 1. The summed E-state index contributed by atoms with van der Waals surface area (Å²) in [4.78, 5) is 7.08. The van der Waals surface area contributed by atoms with Gasteiger partial charge in [-0.25, -0.2) is 13.4 Å². The molecule has 9 heteroatoms. The lowest BCUT2D eigenvalue weighted by molar-refractivity contribution is 0.0584. The molecule has 0 N–H and O–H groups in total. The Morgan fingerprint density at radius 1 is 1.12 bits per heavy atom. The van der Waals surface area contributed by atoms with E-state index in [1.165, 1.54) is 11.3 Å². The van der Waals surface area contributed by atoms with Crippen molar-refractivity contribution >= 4 is 21.4 Å². The quantitative estimate of drug-likeness (QED) is 0.571. The Morgan fingerprint density at radius 2 is 1.88 bits per heavy atom. The molecular formula is C23H33N3O4S2. The summed E-state index contributed by atoms with van der Waals surface area (Å²) in [5.74, 6) is 0.756. The molecule has 32 heavy (non-hydrogen) atoms. The summed E-state index contributed by atoms with van der Waals surface area (Å²) in [7, 11) is -3.48. The van der Waals surface area contributed by atoms with Crippen LogP contribution >= 0.6 is 11.3 Å². The fourth-order valence-corrected chi connectivity index (χ4v) is 6.63. The highest BCUT2D eigenvalue weighted by Crippen LogP contribution is 2.29. The fourth-order valence-electron chi connectivity index (χ4n) is 4.52. The van der Waals surface area contributed by atoms with Crippen LogP contribution in [0.3, 0.4) is 0 Å². The zero-order chi connectivity index (χ0) is 22.6. The zero-order valence-electron chi connectivity index (χ0n) is 18.9. The van der Waals surface area contributed by atoms with E-state index in [2.05, 4.69) is 16.8 Å². The van der Waals surface area contributed by atoms with Crippen molar-refractivity contribution in [3.8, 4) is 10.9 Å². The summed E-state index contributed by atoms with van der Waals surface area (Å²) < 4.78 is 39.7. The third kappa shape index (κ3) is 5.44. The second-order valence-electron chi connectivity index (χ2n) is 8.56. The summed E-state index contributed by atoms with van der Waals surface area (Å²) in [5, 5.41) is 2.68. The van der Waals surface area contributed by atoms with E-state index in [0.717, 1.165) is 61.7 Å². The van der Waals surface area contributed by atoms with Crippen molar-refractivity contribution in [2.45, 2.75) is 63.0 Å². The average molecular weight is 480 g/mol. The van der Waals surface area contributed by atoms with Gasteiger partial charge < -0.3 is 14.4 Å². The number of nitrogens with zero attached hydrogens (tertiary/aromatic N) is 3. The van der Waals surface area contributed by atoms with Crippen LogP contribution in [0.2, 0.25) is 0 Å². The lowest BCUT2D eigenvalue weighted by Gasteiger charge is -2.41. The minimum atomic E-state index is -3.48. The van der Waals surface area contributed by atoms with Gasteiger partial charge in [0.05, 0.1) is 11.5 Å². The monoisotopic (exact) mass is 479 g/mol. The molecule has 7 nitrogen and oxygen atoms in total. The number of piperidine rings is 2. The van der Waals surface area contributed by atoms with Gasteiger partial charge in [-0.05, 0) is 62.8 Å². The van der Waals surface area contributed by atoms with Crippen LogP contribution in [0.1, 0.15) is 44.6 Å². The fraction of sp³-hybridized carbons (Fsp3) is 0.609. The maximum atomic E-state index is 13.2. The molecule has 2 fully saturated rings. The van der Waals surface area contributed by atoms with Crippen LogP contribution in [-0.2, 0) is 10.0 Å². The Labute approximate surface area is 195 Å². The van der Waals surface area contributed by atoms with E-state index in [9.17, 15) is 8.42 Å². The molecule has 0 radical (unpaired) electrons. The third-order valence-electron chi connectivity index (χ3n) is 6.34. The number of aromatic nitrogens is 1. The van der Waals surface area contributed by atoms with Gasteiger partial charge in [-0.2, -0.15) is 4.31 Å². The van der Waals surface area contributed by atoms with Crippen LogP contribution in [0.15, 0.2) is 34.7 Å². The Bertz CT molecular complexity index is 965. The maximum absolute atomic E-state index is 13.2. The molecule has 0 aliphatic carbocycles. The summed E-state index contributed by atoms with van der Waals surface area (Å²) in [6, 6.07) is 5.63. The first kappa shape index (κ1) is 23.5. The summed E-state index contributed by atoms with van der Waals surface area (Å²) >= 11 is 1.53. The Hall–Kier alpha value is -1.68. The van der Waals surface area contributed by atoms with Gasteiger partial charge in [0, 0.05) is 43.8 Å².